The highest BCUT2D eigenvalue weighted by Gasteiger charge is 2.34. The number of hydrogen-bond acceptors (Lipinski definition) is 4. The lowest BCUT2D eigenvalue weighted by Crippen LogP contribution is -2.51. The van der Waals surface area contributed by atoms with E-state index in [9.17, 15) is 4.79 Å². The van der Waals surface area contributed by atoms with Crippen LogP contribution in [0.25, 0.3) is 0 Å². The average Bonchev–Trinajstić information content (AvgIpc) is 2.62. The summed E-state index contributed by atoms with van der Waals surface area (Å²) < 4.78 is 5.50. The van der Waals surface area contributed by atoms with Crippen molar-refractivity contribution in [2.24, 2.45) is 5.92 Å². The first-order chi connectivity index (χ1) is 10.8. The first-order valence-electron chi connectivity index (χ1n) is 8.03. The molecule has 4 nitrogen and oxygen atoms in total. The number of thioether (sulfide) groups is 1. The fourth-order valence-electron chi connectivity index (χ4n) is 3.37. The topological polar surface area (TPSA) is 41.6 Å². The summed E-state index contributed by atoms with van der Waals surface area (Å²) in [4.78, 5) is 15.1. The molecule has 0 bridgehead atoms. The zero-order chi connectivity index (χ0) is 15.4. The Morgan fingerprint density at radius 1 is 1.32 bits per heavy atom. The zero-order valence-electron chi connectivity index (χ0n) is 13.1. The van der Waals surface area contributed by atoms with Gasteiger partial charge in [-0.05, 0) is 30.4 Å². The first kappa shape index (κ1) is 15.7. The second-order valence-corrected chi connectivity index (χ2v) is 7.10. The van der Waals surface area contributed by atoms with Crippen molar-refractivity contribution in [1.29, 1.82) is 0 Å². The van der Waals surface area contributed by atoms with E-state index in [1.54, 1.807) is 7.11 Å². The Hall–Kier alpha value is -1.20. The molecule has 1 unspecified atom stereocenters. The van der Waals surface area contributed by atoms with Gasteiger partial charge >= 0.3 is 0 Å². The number of carbonyl (C=O) groups excluding carboxylic acids is 1. The normalized spacial score (nSPS) is 23.3. The SMILES string of the molecule is COc1ccccc1C1CNCCN1C(=O)C1CCSCC1. The van der Waals surface area contributed by atoms with E-state index in [1.807, 2.05) is 30.0 Å². The molecule has 0 aromatic heterocycles. The van der Waals surface area contributed by atoms with Gasteiger partial charge in [-0.15, -0.1) is 0 Å². The van der Waals surface area contributed by atoms with Crippen LogP contribution in [0.4, 0.5) is 0 Å². The van der Waals surface area contributed by atoms with Gasteiger partial charge in [-0.3, -0.25) is 4.79 Å². The van der Waals surface area contributed by atoms with Crippen LogP contribution in [0.3, 0.4) is 0 Å². The Morgan fingerprint density at radius 2 is 2.09 bits per heavy atom. The molecule has 1 atom stereocenters. The van der Waals surface area contributed by atoms with Gasteiger partial charge in [0.15, 0.2) is 0 Å². The molecule has 2 saturated heterocycles. The van der Waals surface area contributed by atoms with Crippen molar-refractivity contribution in [1.82, 2.24) is 10.2 Å². The third-order valence-corrected chi connectivity index (χ3v) is 5.64. The molecule has 5 heteroatoms. The Balaban J connectivity index is 1.83. The molecule has 0 aliphatic carbocycles. The van der Waals surface area contributed by atoms with Gasteiger partial charge in [-0.25, -0.2) is 0 Å². The number of ether oxygens (including phenoxy) is 1. The lowest BCUT2D eigenvalue weighted by molar-refractivity contribution is -0.139. The number of para-hydroxylation sites is 1. The number of nitrogens with zero attached hydrogens (tertiary/aromatic N) is 1. The van der Waals surface area contributed by atoms with Crippen molar-refractivity contribution in [2.45, 2.75) is 18.9 Å². The van der Waals surface area contributed by atoms with Crippen molar-refractivity contribution < 1.29 is 9.53 Å². The number of benzene rings is 1. The molecule has 1 N–H and O–H groups in total. The summed E-state index contributed by atoms with van der Waals surface area (Å²) in [6.45, 7) is 2.46. The van der Waals surface area contributed by atoms with Gasteiger partial charge in [0.25, 0.3) is 0 Å². The van der Waals surface area contributed by atoms with Crippen LogP contribution in [0.2, 0.25) is 0 Å². The minimum absolute atomic E-state index is 0.0759. The number of piperazine rings is 1. The van der Waals surface area contributed by atoms with Gasteiger partial charge in [0.1, 0.15) is 5.75 Å². The molecule has 22 heavy (non-hydrogen) atoms. The molecule has 3 rings (SSSR count). The van der Waals surface area contributed by atoms with Crippen molar-refractivity contribution >= 4 is 17.7 Å². The Labute approximate surface area is 136 Å². The molecule has 0 saturated carbocycles. The van der Waals surface area contributed by atoms with Gasteiger partial charge in [0.05, 0.1) is 13.2 Å². The fraction of sp³-hybridized carbons (Fsp3) is 0.588. The minimum atomic E-state index is 0.0759. The molecule has 120 valence electrons. The summed E-state index contributed by atoms with van der Waals surface area (Å²) >= 11 is 1.96. The van der Waals surface area contributed by atoms with E-state index < -0.39 is 0 Å². The van der Waals surface area contributed by atoms with E-state index in [-0.39, 0.29) is 12.0 Å². The number of nitrogens with one attached hydrogen (secondary N) is 1. The predicted octanol–water partition coefficient (Wildman–Crippen LogP) is 2.31. The van der Waals surface area contributed by atoms with E-state index in [0.29, 0.717) is 5.91 Å². The van der Waals surface area contributed by atoms with E-state index in [0.717, 1.165) is 55.3 Å². The molecule has 0 radical (unpaired) electrons. The maximum absolute atomic E-state index is 13.0. The first-order valence-corrected chi connectivity index (χ1v) is 9.18. The third kappa shape index (κ3) is 3.25. The summed E-state index contributed by atoms with van der Waals surface area (Å²) in [5, 5.41) is 3.42. The smallest absolute Gasteiger partial charge is 0.226 e. The molecule has 2 aliphatic heterocycles. The van der Waals surface area contributed by atoms with E-state index in [4.69, 9.17) is 4.74 Å². The van der Waals surface area contributed by atoms with Crippen LogP contribution in [-0.2, 0) is 4.79 Å². The molecule has 2 fully saturated rings. The Morgan fingerprint density at radius 3 is 2.86 bits per heavy atom. The highest BCUT2D eigenvalue weighted by molar-refractivity contribution is 7.99. The summed E-state index contributed by atoms with van der Waals surface area (Å²) in [7, 11) is 1.69. The Bertz CT molecular complexity index is 517. The van der Waals surface area contributed by atoms with Gasteiger partial charge < -0.3 is 15.0 Å². The third-order valence-electron chi connectivity index (χ3n) is 4.59. The average molecular weight is 320 g/mol. The molecule has 2 aliphatic rings. The van der Waals surface area contributed by atoms with Gasteiger partial charge in [0, 0.05) is 31.1 Å². The number of carbonyl (C=O) groups is 1. The van der Waals surface area contributed by atoms with E-state index >= 15 is 0 Å². The van der Waals surface area contributed by atoms with E-state index in [2.05, 4.69) is 16.3 Å². The highest BCUT2D eigenvalue weighted by atomic mass is 32.2. The van der Waals surface area contributed by atoms with E-state index in [1.165, 1.54) is 0 Å². The van der Waals surface area contributed by atoms with Crippen LogP contribution in [0, 0.1) is 5.92 Å². The Kier molecular flexibility index (Phi) is 5.26. The maximum atomic E-state index is 13.0. The number of methoxy groups -OCH3 is 1. The second kappa shape index (κ2) is 7.38. The van der Waals surface area contributed by atoms with Crippen molar-refractivity contribution in [3.63, 3.8) is 0 Å². The second-order valence-electron chi connectivity index (χ2n) is 5.88. The largest absolute Gasteiger partial charge is 0.496 e. The van der Waals surface area contributed by atoms with Gasteiger partial charge in [-0.1, -0.05) is 18.2 Å². The van der Waals surface area contributed by atoms with Crippen LogP contribution < -0.4 is 10.1 Å². The summed E-state index contributed by atoms with van der Waals surface area (Å²) in [6, 6.07) is 8.12. The van der Waals surface area contributed by atoms with Crippen molar-refractivity contribution in [2.75, 3.05) is 38.2 Å². The quantitative estimate of drug-likeness (QED) is 0.928. The zero-order valence-corrected chi connectivity index (χ0v) is 13.9. The van der Waals surface area contributed by atoms with Crippen LogP contribution in [0.5, 0.6) is 5.75 Å². The summed E-state index contributed by atoms with van der Waals surface area (Å²) in [5.74, 6) is 3.63. The number of hydrogen-bond donors (Lipinski definition) is 1. The molecule has 1 aromatic rings. The molecule has 1 amide bonds. The van der Waals surface area contributed by atoms with Crippen LogP contribution in [0.15, 0.2) is 24.3 Å². The molecular formula is C17H24N2O2S. The van der Waals surface area contributed by atoms with Crippen LogP contribution in [0.1, 0.15) is 24.4 Å². The molecular weight excluding hydrogens is 296 g/mol. The summed E-state index contributed by atoms with van der Waals surface area (Å²) in [5.41, 5.74) is 1.11. The highest BCUT2D eigenvalue weighted by Crippen LogP contribution is 2.33. The number of rotatable bonds is 3. The van der Waals surface area contributed by atoms with Gasteiger partial charge in [0.2, 0.25) is 5.91 Å². The standard InChI is InChI=1S/C17H24N2O2S/c1-21-16-5-3-2-4-14(16)15-12-18-8-9-19(15)17(20)13-6-10-22-11-7-13/h2-5,13,15,18H,6-12H2,1H3. The predicted molar refractivity (Wildman–Crippen MR) is 90.4 cm³/mol. The van der Waals surface area contributed by atoms with Crippen molar-refractivity contribution in [3.8, 4) is 5.75 Å². The number of amides is 1. The van der Waals surface area contributed by atoms with Crippen molar-refractivity contribution in [3.05, 3.63) is 29.8 Å². The monoisotopic (exact) mass is 320 g/mol. The minimum Gasteiger partial charge on any atom is -0.496 e. The maximum Gasteiger partial charge on any atom is 0.226 e. The van der Waals surface area contributed by atoms with Gasteiger partial charge in [-0.2, -0.15) is 11.8 Å². The molecule has 2 heterocycles. The molecule has 0 spiro atoms. The summed E-state index contributed by atoms with van der Waals surface area (Å²) in [6.07, 6.45) is 2.04. The lowest BCUT2D eigenvalue weighted by atomic mass is 9.96. The molecule has 1 aromatic carbocycles. The van der Waals surface area contributed by atoms with Crippen LogP contribution >= 0.6 is 11.8 Å². The fourth-order valence-corrected chi connectivity index (χ4v) is 4.47. The van der Waals surface area contributed by atoms with Crippen LogP contribution in [-0.4, -0.2) is 49.1 Å². The lowest BCUT2D eigenvalue weighted by Gasteiger charge is -2.39.